The Morgan fingerprint density at radius 1 is 1.44 bits per heavy atom. The summed E-state index contributed by atoms with van der Waals surface area (Å²) < 4.78 is 0. The Labute approximate surface area is 111 Å². The number of anilines is 2. The van der Waals surface area contributed by atoms with Gasteiger partial charge in [-0.1, -0.05) is 6.07 Å². The van der Waals surface area contributed by atoms with E-state index in [9.17, 15) is 0 Å². The zero-order valence-corrected chi connectivity index (χ0v) is 11.2. The van der Waals surface area contributed by atoms with Crippen LogP contribution in [0.5, 0.6) is 0 Å². The number of thiazole rings is 1. The van der Waals surface area contributed by atoms with Gasteiger partial charge in [-0.25, -0.2) is 9.97 Å². The van der Waals surface area contributed by atoms with Crippen LogP contribution in [0.4, 0.5) is 10.9 Å². The molecule has 1 aliphatic heterocycles. The van der Waals surface area contributed by atoms with Gasteiger partial charge in [-0.3, -0.25) is 4.90 Å². The van der Waals surface area contributed by atoms with Crippen LogP contribution >= 0.6 is 11.3 Å². The van der Waals surface area contributed by atoms with Crippen molar-refractivity contribution in [2.24, 2.45) is 0 Å². The zero-order valence-electron chi connectivity index (χ0n) is 10.3. The van der Waals surface area contributed by atoms with Crippen molar-refractivity contribution in [1.82, 2.24) is 14.9 Å². The van der Waals surface area contributed by atoms with Crippen LogP contribution in [0.2, 0.25) is 0 Å². The molecular formula is C13H16N4S. The molecule has 1 unspecified atom stereocenters. The van der Waals surface area contributed by atoms with E-state index in [4.69, 9.17) is 4.98 Å². The number of hydrogen-bond acceptors (Lipinski definition) is 5. The molecule has 94 valence electrons. The number of nitrogens with zero attached hydrogens (tertiary/aromatic N) is 3. The summed E-state index contributed by atoms with van der Waals surface area (Å²) in [6.07, 6.45) is 4.25. The van der Waals surface area contributed by atoms with E-state index in [2.05, 4.69) is 34.4 Å². The van der Waals surface area contributed by atoms with Gasteiger partial charge in [0.2, 0.25) is 0 Å². The zero-order chi connectivity index (χ0) is 12.4. The van der Waals surface area contributed by atoms with E-state index in [0.717, 1.165) is 23.2 Å². The molecule has 0 saturated carbocycles. The quantitative estimate of drug-likeness (QED) is 0.921. The standard InChI is InChI=1S/C13H16N4S/c1-17-8-3-5-11(17)10-4-2-6-12(15-10)16-13-14-7-9-18-13/h2,4,6-7,9,11H,3,5,8H2,1H3,(H,14,15,16). The Morgan fingerprint density at radius 2 is 2.39 bits per heavy atom. The van der Waals surface area contributed by atoms with E-state index < -0.39 is 0 Å². The first-order valence-electron chi connectivity index (χ1n) is 6.16. The van der Waals surface area contributed by atoms with Crippen molar-refractivity contribution in [3.05, 3.63) is 35.5 Å². The van der Waals surface area contributed by atoms with Crippen LogP contribution in [0.3, 0.4) is 0 Å². The van der Waals surface area contributed by atoms with Crippen LogP contribution in [0.15, 0.2) is 29.8 Å². The summed E-state index contributed by atoms with van der Waals surface area (Å²) >= 11 is 1.58. The Morgan fingerprint density at radius 3 is 3.11 bits per heavy atom. The second kappa shape index (κ2) is 5.04. The van der Waals surface area contributed by atoms with Crippen molar-refractivity contribution in [1.29, 1.82) is 0 Å². The smallest absolute Gasteiger partial charge is 0.188 e. The molecule has 5 heteroatoms. The number of pyridine rings is 1. The summed E-state index contributed by atoms with van der Waals surface area (Å²) in [4.78, 5) is 11.3. The molecule has 0 aromatic carbocycles. The summed E-state index contributed by atoms with van der Waals surface area (Å²) in [7, 11) is 2.17. The summed E-state index contributed by atoms with van der Waals surface area (Å²) in [5.41, 5.74) is 1.15. The number of likely N-dealkylation sites (tertiary alicyclic amines) is 1. The van der Waals surface area contributed by atoms with E-state index in [-0.39, 0.29) is 0 Å². The van der Waals surface area contributed by atoms with Crippen LogP contribution in [-0.4, -0.2) is 28.5 Å². The molecule has 1 aliphatic rings. The third-order valence-corrected chi connectivity index (χ3v) is 3.99. The van der Waals surface area contributed by atoms with Gasteiger partial charge < -0.3 is 5.32 Å². The summed E-state index contributed by atoms with van der Waals surface area (Å²) in [5.74, 6) is 0.878. The normalized spacial score (nSPS) is 20.2. The van der Waals surface area contributed by atoms with Gasteiger partial charge in [0.15, 0.2) is 5.13 Å². The molecule has 1 N–H and O–H groups in total. The fraction of sp³-hybridized carbons (Fsp3) is 0.385. The molecule has 3 rings (SSSR count). The van der Waals surface area contributed by atoms with Gasteiger partial charge in [0.25, 0.3) is 0 Å². The Hall–Kier alpha value is -1.46. The minimum absolute atomic E-state index is 0.461. The van der Waals surface area contributed by atoms with Crippen molar-refractivity contribution in [2.75, 3.05) is 18.9 Å². The summed E-state index contributed by atoms with van der Waals surface area (Å²) in [5, 5.41) is 6.08. The van der Waals surface area contributed by atoms with Gasteiger partial charge in [-0.15, -0.1) is 11.3 Å². The lowest BCUT2D eigenvalue weighted by molar-refractivity contribution is 0.312. The van der Waals surface area contributed by atoms with Crippen molar-refractivity contribution < 1.29 is 0 Å². The van der Waals surface area contributed by atoms with E-state index in [0.29, 0.717) is 6.04 Å². The van der Waals surface area contributed by atoms with Crippen molar-refractivity contribution in [3.8, 4) is 0 Å². The average Bonchev–Trinajstić information content (AvgIpc) is 3.01. The first-order chi connectivity index (χ1) is 8.83. The second-order valence-corrected chi connectivity index (χ2v) is 5.44. The van der Waals surface area contributed by atoms with Gasteiger partial charge in [0.05, 0.1) is 11.7 Å². The van der Waals surface area contributed by atoms with Gasteiger partial charge in [0, 0.05) is 11.6 Å². The number of hydrogen-bond donors (Lipinski definition) is 1. The largest absolute Gasteiger partial charge is 0.316 e. The lowest BCUT2D eigenvalue weighted by atomic mass is 10.1. The first-order valence-corrected chi connectivity index (χ1v) is 7.04. The molecule has 2 aromatic rings. The predicted molar refractivity (Wildman–Crippen MR) is 74.2 cm³/mol. The lowest BCUT2D eigenvalue weighted by Crippen LogP contribution is -2.18. The molecule has 1 saturated heterocycles. The van der Waals surface area contributed by atoms with Crippen LogP contribution in [0, 0.1) is 0 Å². The molecule has 0 bridgehead atoms. The van der Waals surface area contributed by atoms with Crippen LogP contribution in [0.1, 0.15) is 24.6 Å². The highest BCUT2D eigenvalue weighted by Gasteiger charge is 2.23. The molecule has 1 fully saturated rings. The predicted octanol–water partition coefficient (Wildman–Crippen LogP) is 3.05. The molecule has 0 aliphatic carbocycles. The highest BCUT2D eigenvalue weighted by Crippen LogP contribution is 2.30. The molecule has 0 spiro atoms. The van der Waals surface area contributed by atoms with Gasteiger partial charge in [-0.05, 0) is 38.6 Å². The molecule has 18 heavy (non-hydrogen) atoms. The Bertz CT molecular complexity index is 511. The molecule has 0 radical (unpaired) electrons. The van der Waals surface area contributed by atoms with E-state index in [1.54, 1.807) is 17.5 Å². The van der Waals surface area contributed by atoms with Crippen LogP contribution in [0.25, 0.3) is 0 Å². The minimum Gasteiger partial charge on any atom is -0.316 e. The highest BCUT2D eigenvalue weighted by molar-refractivity contribution is 7.13. The average molecular weight is 260 g/mol. The molecular weight excluding hydrogens is 244 g/mol. The molecule has 3 heterocycles. The second-order valence-electron chi connectivity index (χ2n) is 4.55. The lowest BCUT2D eigenvalue weighted by Gasteiger charge is -2.19. The maximum absolute atomic E-state index is 4.69. The van der Waals surface area contributed by atoms with E-state index >= 15 is 0 Å². The molecule has 4 nitrogen and oxygen atoms in total. The fourth-order valence-corrected chi connectivity index (χ4v) is 2.92. The third kappa shape index (κ3) is 2.37. The first kappa shape index (κ1) is 11.6. The van der Waals surface area contributed by atoms with Gasteiger partial charge in [0.1, 0.15) is 5.82 Å². The van der Waals surface area contributed by atoms with E-state index in [1.807, 2.05) is 11.4 Å². The molecule has 0 amide bonds. The summed E-state index contributed by atoms with van der Waals surface area (Å²) in [6.45, 7) is 1.16. The summed E-state index contributed by atoms with van der Waals surface area (Å²) in [6, 6.07) is 6.62. The number of aromatic nitrogens is 2. The third-order valence-electron chi connectivity index (χ3n) is 3.30. The Balaban J connectivity index is 1.80. The van der Waals surface area contributed by atoms with Crippen molar-refractivity contribution in [2.45, 2.75) is 18.9 Å². The number of rotatable bonds is 3. The van der Waals surface area contributed by atoms with Gasteiger partial charge in [-0.2, -0.15) is 0 Å². The topological polar surface area (TPSA) is 41.0 Å². The number of nitrogens with one attached hydrogen (secondary N) is 1. The molecule has 1 atom stereocenters. The van der Waals surface area contributed by atoms with Crippen LogP contribution in [-0.2, 0) is 0 Å². The van der Waals surface area contributed by atoms with Crippen molar-refractivity contribution >= 4 is 22.3 Å². The monoisotopic (exact) mass is 260 g/mol. The van der Waals surface area contributed by atoms with Crippen molar-refractivity contribution in [3.63, 3.8) is 0 Å². The SMILES string of the molecule is CN1CCCC1c1cccc(Nc2nccs2)n1. The van der Waals surface area contributed by atoms with Gasteiger partial charge >= 0.3 is 0 Å². The molecule has 2 aromatic heterocycles. The van der Waals surface area contributed by atoms with Crippen LogP contribution < -0.4 is 5.32 Å². The maximum atomic E-state index is 4.69. The Kier molecular flexibility index (Phi) is 3.25. The maximum Gasteiger partial charge on any atom is 0.188 e. The highest BCUT2D eigenvalue weighted by atomic mass is 32.1. The van der Waals surface area contributed by atoms with E-state index in [1.165, 1.54) is 12.8 Å². The minimum atomic E-state index is 0.461. The fourth-order valence-electron chi connectivity index (χ4n) is 2.39.